The van der Waals surface area contributed by atoms with Crippen LogP contribution in [0.2, 0.25) is 0 Å². The Bertz CT molecular complexity index is 388. The number of benzene rings is 1. The maximum Gasteiger partial charge on any atom is 0.0355 e. The lowest BCUT2D eigenvalue weighted by Gasteiger charge is -2.28. The van der Waals surface area contributed by atoms with Gasteiger partial charge in [0.15, 0.2) is 0 Å². The van der Waals surface area contributed by atoms with Crippen molar-refractivity contribution in [2.45, 2.75) is 33.2 Å². The lowest BCUT2D eigenvalue weighted by atomic mass is 9.93. The van der Waals surface area contributed by atoms with Gasteiger partial charge in [-0.3, -0.25) is 0 Å². The van der Waals surface area contributed by atoms with Crippen LogP contribution in [0.3, 0.4) is 0 Å². The maximum absolute atomic E-state index is 3.50. The summed E-state index contributed by atoms with van der Waals surface area (Å²) in [7, 11) is 2.08. The van der Waals surface area contributed by atoms with Crippen LogP contribution in [0, 0.1) is 17.8 Å². The summed E-state index contributed by atoms with van der Waals surface area (Å²) < 4.78 is 0. The number of hydrogen-bond acceptors (Lipinski definition) is 2. The van der Waals surface area contributed by atoms with Crippen LogP contribution in [0.4, 0.5) is 0 Å². The van der Waals surface area contributed by atoms with Crippen LogP contribution < -0.4 is 5.32 Å². The maximum atomic E-state index is 3.50. The van der Waals surface area contributed by atoms with Crippen molar-refractivity contribution >= 4 is 0 Å². The first-order chi connectivity index (χ1) is 9.61. The number of nitrogens with one attached hydrogen (secondary N) is 1. The van der Waals surface area contributed by atoms with Crippen molar-refractivity contribution < 1.29 is 0 Å². The molecule has 0 spiro atoms. The van der Waals surface area contributed by atoms with E-state index in [1.165, 1.54) is 31.6 Å². The van der Waals surface area contributed by atoms with Crippen LogP contribution in [-0.4, -0.2) is 31.6 Å². The SMILES string of the molecule is CNC(c1ccccc1)C(C)CN1CCC(C(C)C)C1. The molecule has 1 aromatic carbocycles. The predicted molar refractivity (Wildman–Crippen MR) is 86.8 cm³/mol. The van der Waals surface area contributed by atoms with Gasteiger partial charge in [0, 0.05) is 19.1 Å². The molecule has 1 aliphatic rings. The first-order valence-electron chi connectivity index (χ1n) is 8.06. The van der Waals surface area contributed by atoms with Crippen molar-refractivity contribution in [3.05, 3.63) is 35.9 Å². The molecule has 1 fully saturated rings. The predicted octanol–water partition coefficient (Wildman–Crippen LogP) is 3.56. The van der Waals surface area contributed by atoms with Crippen LogP contribution in [0.5, 0.6) is 0 Å². The third-order valence-electron chi connectivity index (χ3n) is 4.84. The number of nitrogens with zero attached hydrogens (tertiary/aromatic N) is 1. The van der Waals surface area contributed by atoms with Crippen molar-refractivity contribution in [2.24, 2.45) is 17.8 Å². The molecule has 1 aliphatic heterocycles. The second-order valence-electron chi connectivity index (χ2n) is 6.71. The first-order valence-corrected chi connectivity index (χ1v) is 8.06. The fourth-order valence-corrected chi connectivity index (χ4v) is 3.53. The summed E-state index contributed by atoms with van der Waals surface area (Å²) in [6.45, 7) is 10.8. The molecule has 0 saturated carbocycles. The minimum Gasteiger partial charge on any atom is -0.313 e. The normalized spacial score (nSPS) is 23.1. The highest BCUT2D eigenvalue weighted by atomic mass is 15.1. The van der Waals surface area contributed by atoms with Gasteiger partial charge in [-0.2, -0.15) is 0 Å². The standard InChI is InChI=1S/C18H30N2/c1-14(2)17-10-11-20(13-17)12-15(3)18(19-4)16-8-6-5-7-9-16/h5-9,14-15,17-19H,10-13H2,1-4H3. The monoisotopic (exact) mass is 274 g/mol. The third kappa shape index (κ3) is 3.83. The lowest BCUT2D eigenvalue weighted by Crippen LogP contribution is -2.34. The molecule has 0 aliphatic carbocycles. The second-order valence-corrected chi connectivity index (χ2v) is 6.71. The van der Waals surface area contributed by atoms with Gasteiger partial charge in [-0.1, -0.05) is 51.1 Å². The van der Waals surface area contributed by atoms with E-state index in [1.54, 1.807) is 0 Å². The molecule has 1 saturated heterocycles. The van der Waals surface area contributed by atoms with Gasteiger partial charge in [-0.15, -0.1) is 0 Å². The molecule has 2 rings (SSSR count). The van der Waals surface area contributed by atoms with Gasteiger partial charge in [0.05, 0.1) is 0 Å². The van der Waals surface area contributed by atoms with Gasteiger partial charge in [-0.25, -0.2) is 0 Å². The molecule has 112 valence electrons. The van der Waals surface area contributed by atoms with Crippen LogP contribution in [0.1, 0.15) is 38.8 Å². The van der Waals surface area contributed by atoms with Crippen LogP contribution in [0.25, 0.3) is 0 Å². The van der Waals surface area contributed by atoms with Gasteiger partial charge >= 0.3 is 0 Å². The molecular formula is C18H30N2. The summed E-state index contributed by atoms with van der Waals surface area (Å²) in [5.74, 6) is 2.35. The van der Waals surface area contributed by atoms with Gasteiger partial charge in [0.2, 0.25) is 0 Å². The van der Waals surface area contributed by atoms with Crippen LogP contribution in [-0.2, 0) is 0 Å². The van der Waals surface area contributed by atoms with E-state index < -0.39 is 0 Å². The Kier molecular flexibility index (Phi) is 5.62. The van der Waals surface area contributed by atoms with Gasteiger partial charge in [0.1, 0.15) is 0 Å². The zero-order valence-electron chi connectivity index (χ0n) is 13.5. The molecule has 3 atom stereocenters. The van der Waals surface area contributed by atoms with E-state index in [1.807, 2.05) is 0 Å². The van der Waals surface area contributed by atoms with E-state index >= 15 is 0 Å². The molecule has 0 radical (unpaired) electrons. The molecule has 0 amide bonds. The highest BCUT2D eigenvalue weighted by Crippen LogP contribution is 2.27. The minimum absolute atomic E-state index is 0.453. The van der Waals surface area contributed by atoms with Crippen LogP contribution in [0.15, 0.2) is 30.3 Å². The zero-order valence-corrected chi connectivity index (χ0v) is 13.5. The van der Waals surface area contributed by atoms with E-state index in [4.69, 9.17) is 0 Å². The summed E-state index contributed by atoms with van der Waals surface area (Å²) in [5.41, 5.74) is 1.40. The van der Waals surface area contributed by atoms with E-state index in [9.17, 15) is 0 Å². The summed E-state index contributed by atoms with van der Waals surface area (Å²) >= 11 is 0. The van der Waals surface area contributed by atoms with Crippen molar-refractivity contribution in [3.8, 4) is 0 Å². The van der Waals surface area contributed by atoms with Gasteiger partial charge < -0.3 is 10.2 Å². The molecular weight excluding hydrogens is 244 g/mol. The summed E-state index contributed by atoms with van der Waals surface area (Å²) in [6.07, 6.45) is 1.37. The van der Waals surface area contributed by atoms with E-state index in [2.05, 4.69) is 68.4 Å². The molecule has 20 heavy (non-hydrogen) atoms. The largest absolute Gasteiger partial charge is 0.313 e. The van der Waals surface area contributed by atoms with Gasteiger partial charge in [-0.05, 0) is 43.3 Å². The van der Waals surface area contributed by atoms with E-state index in [-0.39, 0.29) is 0 Å². The topological polar surface area (TPSA) is 15.3 Å². The fourth-order valence-electron chi connectivity index (χ4n) is 3.53. The van der Waals surface area contributed by atoms with E-state index in [0.29, 0.717) is 12.0 Å². The minimum atomic E-state index is 0.453. The average Bonchev–Trinajstić information content (AvgIpc) is 2.89. The number of hydrogen-bond donors (Lipinski definition) is 1. The highest BCUT2D eigenvalue weighted by molar-refractivity contribution is 5.19. The first kappa shape index (κ1) is 15.5. The summed E-state index contributed by atoms with van der Waals surface area (Å²) in [4.78, 5) is 2.66. The Morgan fingerprint density at radius 3 is 2.45 bits per heavy atom. The molecule has 0 bridgehead atoms. The number of likely N-dealkylation sites (tertiary alicyclic amines) is 1. The molecule has 1 heterocycles. The Labute approximate surface area is 124 Å². The highest BCUT2D eigenvalue weighted by Gasteiger charge is 2.27. The molecule has 0 aromatic heterocycles. The molecule has 1 N–H and O–H groups in total. The van der Waals surface area contributed by atoms with Crippen molar-refractivity contribution in [3.63, 3.8) is 0 Å². The quantitative estimate of drug-likeness (QED) is 0.853. The van der Waals surface area contributed by atoms with Crippen molar-refractivity contribution in [2.75, 3.05) is 26.7 Å². The lowest BCUT2D eigenvalue weighted by molar-refractivity contribution is 0.238. The van der Waals surface area contributed by atoms with Crippen molar-refractivity contribution in [1.82, 2.24) is 10.2 Å². The van der Waals surface area contributed by atoms with Crippen molar-refractivity contribution in [1.29, 1.82) is 0 Å². The fraction of sp³-hybridized carbons (Fsp3) is 0.667. The second kappa shape index (κ2) is 7.24. The summed E-state index contributed by atoms with van der Waals surface area (Å²) in [6, 6.07) is 11.3. The van der Waals surface area contributed by atoms with Crippen LogP contribution >= 0.6 is 0 Å². The van der Waals surface area contributed by atoms with E-state index in [0.717, 1.165) is 11.8 Å². The number of rotatable bonds is 6. The van der Waals surface area contributed by atoms with Gasteiger partial charge in [0.25, 0.3) is 0 Å². The molecule has 1 aromatic rings. The average molecular weight is 274 g/mol. The molecule has 2 nitrogen and oxygen atoms in total. The smallest absolute Gasteiger partial charge is 0.0355 e. The Morgan fingerprint density at radius 2 is 1.90 bits per heavy atom. The Morgan fingerprint density at radius 1 is 1.20 bits per heavy atom. The Balaban J connectivity index is 1.92. The summed E-state index contributed by atoms with van der Waals surface area (Å²) in [5, 5.41) is 3.50. The zero-order chi connectivity index (χ0) is 14.5. The Hall–Kier alpha value is -0.860. The third-order valence-corrected chi connectivity index (χ3v) is 4.84. The molecule has 3 unspecified atom stereocenters. The molecule has 2 heteroatoms.